The molecule has 2 rings (SSSR count). The first-order valence-corrected chi connectivity index (χ1v) is 7.64. The third kappa shape index (κ3) is 3.00. The highest BCUT2D eigenvalue weighted by atomic mass is 35.5. The highest BCUT2D eigenvalue weighted by molar-refractivity contribution is 7.89. The van der Waals surface area contributed by atoms with Crippen LogP contribution in [-0.2, 0) is 10.0 Å². The van der Waals surface area contributed by atoms with E-state index in [1.165, 1.54) is 12.3 Å². The molecule has 0 aromatic carbocycles. The van der Waals surface area contributed by atoms with Crippen molar-refractivity contribution in [3.05, 3.63) is 23.0 Å². The van der Waals surface area contributed by atoms with Gasteiger partial charge >= 0.3 is 0 Å². The summed E-state index contributed by atoms with van der Waals surface area (Å²) in [5.74, 6) is 0.367. The Bertz CT molecular complexity index is 543. The van der Waals surface area contributed by atoms with Crippen LogP contribution in [-0.4, -0.2) is 26.0 Å². The molecule has 7 heteroatoms. The number of aromatic nitrogens is 1. The summed E-state index contributed by atoms with van der Waals surface area (Å²) in [7, 11) is -3.57. The maximum absolute atomic E-state index is 12.1. The van der Waals surface area contributed by atoms with Gasteiger partial charge in [0.25, 0.3) is 0 Å². The van der Waals surface area contributed by atoms with E-state index in [4.69, 9.17) is 17.3 Å². The largest absolute Gasteiger partial charge is 0.329 e. The van der Waals surface area contributed by atoms with Crippen LogP contribution in [0.25, 0.3) is 0 Å². The van der Waals surface area contributed by atoms with E-state index >= 15 is 0 Å². The van der Waals surface area contributed by atoms with Gasteiger partial charge < -0.3 is 5.73 Å². The Morgan fingerprint density at radius 2 is 2.28 bits per heavy atom. The normalized spacial score (nSPS) is 17.7. The van der Waals surface area contributed by atoms with Gasteiger partial charge in [0.15, 0.2) is 0 Å². The predicted molar refractivity (Wildman–Crippen MR) is 69.9 cm³/mol. The molecule has 3 N–H and O–H groups in total. The van der Waals surface area contributed by atoms with E-state index in [1.54, 1.807) is 6.92 Å². The van der Waals surface area contributed by atoms with E-state index in [1.807, 2.05) is 0 Å². The second kappa shape index (κ2) is 5.13. The molecule has 0 bridgehead atoms. The summed E-state index contributed by atoms with van der Waals surface area (Å²) in [6.07, 6.45) is 3.32. The fourth-order valence-corrected chi connectivity index (χ4v) is 3.23. The van der Waals surface area contributed by atoms with Gasteiger partial charge in [-0.05, 0) is 37.3 Å². The molecule has 1 fully saturated rings. The van der Waals surface area contributed by atoms with Crippen molar-refractivity contribution in [3.8, 4) is 0 Å². The number of nitrogens with one attached hydrogen (secondary N) is 1. The van der Waals surface area contributed by atoms with E-state index in [-0.39, 0.29) is 10.9 Å². The smallest absolute Gasteiger partial charge is 0.242 e. The number of halogens is 1. The Labute approximate surface area is 112 Å². The summed E-state index contributed by atoms with van der Waals surface area (Å²) in [6, 6.07) is 1.32. The average Bonchev–Trinajstić information content (AvgIpc) is 3.13. The van der Waals surface area contributed by atoms with Crippen molar-refractivity contribution in [3.63, 3.8) is 0 Å². The standard InChI is InChI=1S/C11H16ClN3O2S/c1-7-4-9(6-14-11(7)12)18(16,17)15-10(5-13)8-2-3-8/h4,6,8,10,15H,2-3,5,13H2,1H3/t10-/m0/s1. The summed E-state index contributed by atoms with van der Waals surface area (Å²) >= 11 is 5.78. The Morgan fingerprint density at radius 3 is 2.78 bits per heavy atom. The molecule has 1 saturated carbocycles. The number of nitrogens with zero attached hydrogens (tertiary/aromatic N) is 1. The number of nitrogens with two attached hydrogens (primary N) is 1. The Balaban J connectivity index is 2.21. The van der Waals surface area contributed by atoms with E-state index in [0.29, 0.717) is 23.2 Å². The number of hydrogen-bond donors (Lipinski definition) is 2. The third-order valence-corrected chi connectivity index (χ3v) is 4.90. The molecule has 1 aliphatic carbocycles. The lowest BCUT2D eigenvalue weighted by molar-refractivity contribution is 0.519. The minimum absolute atomic E-state index is 0.128. The molecule has 0 unspecified atom stereocenters. The summed E-state index contributed by atoms with van der Waals surface area (Å²) in [6.45, 7) is 2.03. The van der Waals surface area contributed by atoms with Gasteiger partial charge in [-0.15, -0.1) is 0 Å². The molecule has 100 valence electrons. The van der Waals surface area contributed by atoms with Gasteiger partial charge in [-0.1, -0.05) is 11.6 Å². The van der Waals surface area contributed by atoms with Crippen LogP contribution in [0.4, 0.5) is 0 Å². The fraction of sp³-hybridized carbons (Fsp3) is 0.545. The molecule has 0 spiro atoms. The lowest BCUT2D eigenvalue weighted by atomic mass is 10.2. The van der Waals surface area contributed by atoms with Gasteiger partial charge in [-0.25, -0.2) is 18.1 Å². The van der Waals surface area contributed by atoms with Crippen LogP contribution in [0.3, 0.4) is 0 Å². The van der Waals surface area contributed by atoms with Gasteiger partial charge in [-0.3, -0.25) is 0 Å². The minimum atomic E-state index is -3.57. The molecule has 0 saturated heterocycles. The van der Waals surface area contributed by atoms with E-state index in [2.05, 4.69) is 9.71 Å². The summed E-state index contributed by atoms with van der Waals surface area (Å²) in [5, 5.41) is 0.312. The van der Waals surface area contributed by atoms with Gasteiger partial charge in [0.2, 0.25) is 10.0 Å². The lowest BCUT2D eigenvalue weighted by Gasteiger charge is -2.16. The fourth-order valence-electron chi connectivity index (χ4n) is 1.78. The van der Waals surface area contributed by atoms with E-state index in [0.717, 1.165) is 12.8 Å². The molecule has 18 heavy (non-hydrogen) atoms. The molecule has 1 atom stereocenters. The second-order valence-electron chi connectivity index (χ2n) is 4.58. The SMILES string of the molecule is Cc1cc(S(=O)(=O)N[C@@H](CN)C2CC2)cnc1Cl. The van der Waals surface area contributed by atoms with Gasteiger partial charge in [0.05, 0.1) is 0 Å². The predicted octanol–water partition coefficient (Wildman–Crippen LogP) is 1.06. The van der Waals surface area contributed by atoms with Crippen LogP contribution in [0.1, 0.15) is 18.4 Å². The highest BCUT2D eigenvalue weighted by Gasteiger charge is 2.33. The molecule has 1 heterocycles. The van der Waals surface area contributed by atoms with Gasteiger partial charge in [-0.2, -0.15) is 0 Å². The number of hydrogen-bond acceptors (Lipinski definition) is 4. The van der Waals surface area contributed by atoms with Crippen molar-refractivity contribution >= 4 is 21.6 Å². The second-order valence-corrected chi connectivity index (χ2v) is 6.65. The zero-order valence-electron chi connectivity index (χ0n) is 10.1. The molecular weight excluding hydrogens is 274 g/mol. The summed E-state index contributed by atoms with van der Waals surface area (Å²) in [4.78, 5) is 3.98. The number of rotatable bonds is 5. The molecule has 5 nitrogen and oxygen atoms in total. The zero-order valence-corrected chi connectivity index (χ0v) is 11.6. The van der Waals surface area contributed by atoms with E-state index in [9.17, 15) is 8.42 Å². The number of sulfonamides is 1. The first kappa shape index (κ1) is 13.7. The number of aryl methyl sites for hydroxylation is 1. The maximum Gasteiger partial charge on any atom is 0.242 e. The molecule has 0 radical (unpaired) electrons. The molecule has 1 aromatic heterocycles. The Hall–Kier alpha value is -0.690. The lowest BCUT2D eigenvalue weighted by Crippen LogP contribution is -2.41. The van der Waals surface area contributed by atoms with Crippen LogP contribution in [0, 0.1) is 12.8 Å². The van der Waals surface area contributed by atoms with Crippen molar-refractivity contribution < 1.29 is 8.42 Å². The zero-order chi connectivity index (χ0) is 13.3. The van der Waals surface area contributed by atoms with Gasteiger partial charge in [0, 0.05) is 18.8 Å². The first-order chi connectivity index (χ1) is 8.44. The summed E-state index contributed by atoms with van der Waals surface area (Å²) < 4.78 is 26.9. The van der Waals surface area contributed by atoms with E-state index < -0.39 is 10.0 Å². The van der Waals surface area contributed by atoms with Crippen molar-refractivity contribution in [2.45, 2.75) is 30.7 Å². The van der Waals surface area contributed by atoms with Crippen LogP contribution in [0.2, 0.25) is 5.15 Å². The first-order valence-electron chi connectivity index (χ1n) is 5.78. The van der Waals surface area contributed by atoms with Crippen LogP contribution >= 0.6 is 11.6 Å². The Kier molecular flexibility index (Phi) is 3.91. The number of pyridine rings is 1. The van der Waals surface area contributed by atoms with Crippen molar-refractivity contribution in [2.75, 3.05) is 6.54 Å². The molecular formula is C11H16ClN3O2S. The van der Waals surface area contributed by atoms with Crippen LogP contribution < -0.4 is 10.5 Å². The maximum atomic E-state index is 12.1. The van der Waals surface area contributed by atoms with Crippen LogP contribution in [0.5, 0.6) is 0 Å². The average molecular weight is 290 g/mol. The van der Waals surface area contributed by atoms with Gasteiger partial charge in [0.1, 0.15) is 10.0 Å². The quantitative estimate of drug-likeness (QED) is 0.794. The minimum Gasteiger partial charge on any atom is -0.329 e. The molecule has 0 aliphatic heterocycles. The van der Waals surface area contributed by atoms with Crippen LogP contribution in [0.15, 0.2) is 17.2 Å². The highest BCUT2D eigenvalue weighted by Crippen LogP contribution is 2.32. The van der Waals surface area contributed by atoms with Crippen molar-refractivity contribution in [2.24, 2.45) is 11.7 Å². The molecule has 1 aliphatic rings. The summed E-state index contributed by atoms with van der Waals surface area (Å²) in [5.41, 5.74) is 6.22. The third-order valence-electron chi connectivity index (χ3n) is 3.05. The van der Waals surface area contributed by atoms with Crippen molar-refractivity contribution in [1.82, 2.24) is 9.71 Å². The Morgan fingerprint density at radius 1 is 1.61 bits per heavy atom. The van der Waals surface area contributed by atoms with Crippen molar-refractivity contribution in [1.29, 1.82) is 0 Å². The molecule has 1 aromatic rings. The topological polar surface area (TPSA) is 85.1 Å². The molecule has 0 amide bonds. The monoisotopic (exact) mass is 289 g/mol.